The SMILES string of the molecule is CC(NC=O)c1ccc(-c2ccncc2Cl)cc1.Cc1c(F)cc2[nH]ncc2c1-c1c(C2CC2)cc2c(N3CC4CCC(C3)N4)nc(OC3CCOCC3)nc2c1OCc1ccc(-c2cn(C(C(=O)N3CCCC3C)C(C)C)nn2)cc1. The molecule has 3 N–H and O–H groups in total. The lowest BCUT2D eigenvalue weighted by atomic mass is 9.88. The van der Waals surface area contributed by atoms with E-state index in [4.69, 9.17) is 35.8 Å². The molecule has 2 amide bonds. The summed E-state index contributed by atoms with van der Waals surface area (Å²) in [6.45, 7) is 13.9. The van der Waals surface area contributed by atoms with Gasteiger partial charge < -0.3 is 34.6 Å². The molecule has 4 aromatic carbocycles. The summed E-state index contributed by atoms with van der Waals surface area (Å²) in [6.07, 6.45) is 15.5. The number of fused-ring (bicyclic) bond motifs is 4. The van der Waals surface area contributed by atoms with E-state index in [-0.39, 0.29) is 48.4 Å². The van der Waals surface area contributed by atoms with E-state index < -0.39 is 6.04 Å². The summed E-state index contributed by atoms with van der Waals surface area (Å²) < 4.78 is 37.2. The average molecular weight is 1130 g/mol. The number of rotatable bonds is 16. The zero-order valence-corrected chi connectivity index (χ0v) is 47.8. The number of H-pyrrole nitrogens is 1. The summed E-state index contributed by atoms with van der Waals surface area (Å²) in [5.74, 6) is 1.54. The summed E-state index contributed by atoms with van der Waals surface area (Å²) in [5.41, 5.74) is 10.0. The van der Waals surface area contributed by atoms with Gasteiger partial charge in [0.15, 0.2) is 5.75 Å². The second-order valence-corrected chi connectivity index (χ2v) is 23.5. The smallest absolute Gasteiger partial charge is 0.319 e. The van der Waals surface area contributed by atoms with Crippen LogP contribution in [0.1, 0.15) is 119 Å². The number of aromatic amines is 1. The van der Waals surface area contributed by atoms with Crippen LogP contribution in [0.3, 0.4) is 0 Å². The Bertz CT molecular complexity index is 3590. The first kappa shape index (κ1) is 55.0. The van der Waals surface area contributed by atoms with Crippen molar-refractivity contribution in [2.24, 2.45) is 5.92 Å². The Kier molecular flexibility index (Phi) is 15.9. The van der Waals surface area contributed by atoms with E-state index in [0.29, 0.717) is 70.8 Å². The van der Waals surface area contributed by atoms with Gasteiger partial charge in [0, 0.05) is 96.0 Å². The lowest BCUT2D eigenvalue weighted by Crippen LogP contribution is -2.51. The number of benzene rings is 4. The maximum absolute atomic E-state index is 16.0. The monoisotopic (exact) mass is 1130 g/mol. The van der Waals surface area contributed by atoms with Crippen LogP contribution in [-0.2, 0) is 20.9 Å². The molecular weight excluding hydrogens is 1060 g/mol. The number of aromatic nitrogens is 8. The van der Waals surface area contributed by atoms with Crippen LogP contribution in [0.4, 0.5) is 10.2 Å². The number of pyridine rings is 1. The number of likely N-dealkylation sites (tertiary alicyclic amines) is 1. The Morgan fingerprint density at radius 3 is 2.37 bits per heavy atom. The molecule has 4 aliphatic heterocycles. The van der Waals surface area contributed by atoms with Gasteiger partial charge in [0.25, 0.3) is 0 Å². The highest BCUT2D eigenvalue weighted by Gasteiger charge is 2.38. The highest BCUT2D eigenvalue weighted by atomic mass is 35.5. The van der Waals surface area contributed by atoms with Crippen LogP contribution < -0.4 is 25.0 Å². The number of nitrogens with one attached hydrogen (secondary N) is 3. The molecule has 82 heavy (non-hydrogen) atoms. The van der Waals surface area contributed by atoms with Crippen LogP contribution in [0.15, 0.2) is 91.5 Å². The summed E-state index contributed by atoms with van der Waals surface area (Å²) in [7, 11) is 0. The van der Waals surface area contributed by atoms with Gasteiger partial charge in [-0.05, 0) is 117 Å². The summed E-state index contributed by atoms with van der Waals surface area (Å²) >= 11 is 6.09. The topological polar surface area (TPSA) is 190 Å². The molecule has 426 valence electrons. The van der Waals surface area contributed by atoms with Gasteiger partial charge in [-0.2, -0.15) is 15.1 Å². The zero-order chi connectivity index (χ0) is 56.6. The molecule has 5 unspecified atom stereocenters. The Hall–Kier alpha value is -7.54. The van der Waals surface area contributed by atoms with Gasteiger partial charge in [0.1, 0.15) is 41.6 Å². The molecule has 0 radical (unpaired) electrons. The maximum atomic E-state index is 16.0. The molecule has 8 aromatic rings. The van der Waals surface area contributed by atoms with Crippen LogP contribution in [0.25, 0.3) is 55.3 Å². The second kappa shape index (κ2) is 23.7. The van der Waals surface area contributed by atoms with Crippen molar-refractivity contribution in [3.8, 4) is 45.3 Å². The van der Waals surface area contributed by atoms with Gasteiger partial charge in [0.2, 0.25) is 12.3 Å². The van der Waals surface area contributed by atoms with E-state index in [0.717, 1.165) is 132 Å². The molecule has 4 saturated heterocycles. The van der Waals surface area contributed by atoms with Crippen LogP contribution in [0.5, 0.6) is 11.8 Å². The van der Waals surface area contributed by atoms with Crippen molar-refractivity contribution in [2.45, 2.75) is 135 Å². The summed E-state index contributed by atoms with van der Waals surface area (Å²) in [5, 5.41) is 25.3. The number of hydrogen-bond donors (Lipinski definition) is 3. The van der Waals surface area contributed by atoms with E-state index >= 15 is 4.39 Å². The molecule has 13 rings (SSSR count). The first-order valence-corrected chi connectivity index (χ1v) is 29.4. The lowest BCUT2D eigenvalue weighted by molar-refractivity contribution is -0.137. The average Bonchev–Trinajstić information content (AvgIpc) is 2.27. The highest BCUT2D eigenvalue weighted by molar-refractivity contribution is 6.33. The predicted molar refractivity (Wildman–Crippen MR) is 314 cm³/mol. The molecule has 5 aliphatic rings. The Morgan fingerprint density at radius 1 is 0.915 bits per heavy atom. The molecule has 17 nitrogen and oxygen atoms in total. The number of nitrogens with zero attached hydrogens (tertiary/aromatic N) is 9. The van der Waals surface area contributed by atoms with Crippen LogP contribution in [0.2, 0.25) is 5.02 Å². The standard InChI is InChI=1S/C49H57FN10O4.C14H13ClN2O/c1-27(2)45(48(61)59-17-5-6-28(59)3)60-25-41(56-57-60)32-9-7-30(8-10-32)26-63-46-43(42-29(4)39(50)21-40-38(42)22-51-55-40)36(31-11-12-31)20-37-44(46)53-49(64-35-15-18-62-19-16-35)54-47(37)58-23-33-13-14-34(24-58)52-33;1-10(17-9-18)11-2-4-12(5-3-11)13-6-7-16-8-14(13)15/h7-10,20-22,25,27-28,31,33-35,45,52H,5-6,11-19,23-24,26H2,1-4H3,(H,51,55);2-10H,1H3,(H,17,18). The fraction of sp³-hybridized carbons (Fsp3) is 0.429. The number of ether oxygens (including phenoxy) is 3. The predicted octanol–water partition coefficient (Wildman–Crippen LogP) is 11.3. The van der Waals surface area contributed by atoms with Crippen LogP contribution in [0, 0.1) is 18.7 Å². The van der Waals surface area contributed by atoms with Crippen LogP contribution in [-0.4, -0.2) is 114 Å². The molecule has 5 atom stereocenters. The van der Waals surface area contributed by atoms with Gasteiger partial charge in [-0.15, -0.1) is 5.10 Å². The fourth-order valence-electron chi connectivity index (χ4n) is 12.4. The van der Waals surface area contributed by atoms with E-state index in [2.05, 4.69) is 67.9 Å². The first-order valence-electron chi connectivity index (χ1n) is 29.0. The summed E-state index contributed by atoms with van der Waals surface area (Å²) in [6, 6.07) is 22.6. The minimum absolute atomic E-state index is 0.00413. The molecule has 19 heteroatoms. The molecular formula is C63H70ClFN12O5. The Balaban J connectivity index is 0.000000315. The number of anilines is 1. The molecule has 8 heterocycles. The third kappa shape index (κ3) is 11.4. The molecule has 5 fully saturated rings. The van der Waals surface area contributed by atoms with Crippen molar-refractivity contribution in [1.29, 1.82) is 0 Å². The Morgan fingerprint density at radius 2 is 1.67 bits per heavy atom. The fourth-order valence-corrected chi connectivity index (χ4v) is 12.6. The normalized spacial score (nSPS) is 19.8. The van der Waals surface area contributed by atoms with Crippen molar-refractivity contribution in [1.82, 2.24) is 55.7 Å². The maximum Gasteiger partial charge on any atom is 0.319 e. The van der Waals surface area contributed by atoms with Gasteiger partial charge in [-0.3, -0.25) is 19.7 Å². The second-order valence-electron chi connectivity index (χ2n) is 23.1. The van der Waals surface area contributed by atoms with Gasteiger partial charge in [-0.25, -0.2) is 9.07 Å². The minimum Gasteiger partial charge on any atom is -0.486 e. The quantitative estimate of drug-likeness (QED) is 0.0776. The molecule has 2 bridgehead atoms. The number of hydrogen-bond acceptors (Lipinski definition) is 13. The van der Waals surface area contributed by atoms with E-state index in [9.17, 15) is 9.59 Å². The van der Waals surface area contributed by atoms with Crippen molar-refractivity contribution in [3.63, 3.8) is 0 Å². The molecule has 0 spiro atoms. The number of carbonyl (C=O) groups is 2. The largest absolute Gasteiger partial charge is 0.486 e. The zero-order valence-electron chi connectivity index (χ0n) is 47.1. The molecule has 4 aromatic heterocycles. The van der Waals surface area contributed by atoms with Crippen molar-refractivity contribution in [2.75, 3.05) is 37.7 Å². The van der Waals surface area contributed by atoms with Crippen LogP contribution >= 0.6 is 11.6 Å². The van der Waals surface area contributed by atoms with Crippen molar-refractivity contribution in [3.05, 3.63) is 125 Å². The molecule has 1 saturated carbocycles. The third-order valence-corrected chi connectivity index (χ3v) is 17.4. The van der Waals surface area contributed by atoms with Crippen molar-refractivity contribution >= 4 is 51.5 Å². The lowest BCUT2D eigenvalue weighted by Gasteiger charge is -2.35. The van der Waals surface area contributed by atoms with E-state index in [1.54, 1.807) is 23.3 Å². The van der Waals surface area contributed by atoms with E-state index in [1.165, 1.54) is 6.07 Å². The first-order chi connectivity index (χ1) is 39.9. The minimum atomic E-state index is -0.427. The molecule has 1 aliphatic carbocycles. The van der Waals surface area contributed by atoms with Gasteiger partial charge >= 0.3 is 6.01 Å². The summed E-state index contributed by atoms with van der Waals surface area (Å²) in [4.78, 5) is 42.9. The number of amides is 2. The highest BCUT2D eigenvalue weighted by Crippen LogP contribution is 2.53. The number of piperazine rings is 1. The number of halogens is 2. The van der Waals surface area contributed by atoms with E-state index in [1.807, 2.05) is 79.5 Å². The van der Waals surface area contributed by atoms with Gasteiger partial charge in [0.05, 0.1) is 42.2 Å². The number of carbonyl (C=O) groups excluding carboxylic acids is 2. The van der Waals surface area contributed by atoms with Gasteiger partial charge in [-0.1, -0.05) is 79.2 Å². The Labute approximate surface area is 481 Å². The van der Waals surface area contributed by atoms with Crippen molar-refractivity contribution < 1.29 is 28.2 Å². The third-order valence-electron chi connectivity index (χ3n) is 17.1.